The molecule has 5 nitrogen and oxygen atoms in total. The van der Waals surface area contributed by atoms with Gasteiger partial charge in [0, 0.05) is 38.1 Å². The molecule has 1 aromatic carbocycles. The van der Waals surface area contributed by atoms with Crippen LogP contribution in [-0.4, -0.2) is 42.9 Å². The highest BCUT2D eigenvalue weighted by molar-refractivity contribution is 6.08. The highest BCUT2D eigenvalue weighted by Gasteiger charge is 2.31. The minimum atomic E-state index is -0.497. The van der Waals surface area contributed by atoms with E-state index in [1.165, 1.54) is 30.2 Å². The second-order valence-corrected chi connectivity index (χ2v) is 10.1. The van der Waals surface area contributed by atoms with E-state index in [2.05, 4.69) is 44.3 Å². The monoisotopic (exact) mass is 427 g/mol. The molecule has 0 spiro atoms. The van der Waals surface area contributed by atoms with Crippen LogP contribution in [0, 0.1) is 30.1 Å². The Morgan fingerprint density at radius 1 is 1.32 bits per heavy atom. The third-order valence-corrected chi connectivity index (χ3v) is 6.20. The van der Waals surface area contributed by atoms with Crippen molar-refractivity contribution < 1.29 is 9.53 Å². The molecule has 0 unspecified atom stereocenters. The first kappa shape index (κ1) is 25.0. The lowest BCUT2D eigenvalue weighted by molar-refractivity contribution is 0.0302. The molecule has 0 saturated heterocycles. The zero-order valence-electron chi connectivity index (χ0n) is 20.4. The predicted molar refractivity (Wildman–Crippen MR) is 130 cm³/mol. The summed E-state index contributed by atoms with van der Waals surface area (Å²) in [5.41, 5.74) is 4.08. The summed E-state index contributed by atoms with van der Waals surface area (Å²) < 4.78 is 5.37. The molecule has 2 N–H and O–H groups in total. The van der Waals surface area contributed by atoms with Gasteiger partial charge in [-0.2, -0.15) is 0 Å². The first-order valence-electron chi connectivity index (χ1n) is 11.5. The highest BCUT2D eigenvalue weighted by Crippen LogP contribution is 2.41. The molecule has 2 rings (SSSR count). The Balaban J connectivity index is 1.96. The van der Waals surface area contributed by atoms with Crippen molar-refractivity contribution in [1.29, 1.82) is 5.41 Å². The molecule has 0 bridgehead atoms. The van der Waals surface area contributed by atoms with Crippen LogP contribution in [0.1, 0.15) is 64.2 Å². The summed E-state index contributed by atoms with van der Waals surface area (Å²) in [5.74, 6) is 2.35. The van der Waals surface area contributed by atoms with Crippen LogP contribution in [0.5, 0.6) is 0 Å². The number of aryl methyl sites for hydroxylation is 1. The van der Waals surface area contributed by atoms with Gasteiger partial charge in [0.05, 0.1) is 0 Å². The van der Waals surface area contributed by atoms with Gasteiger partial charge in [-0.25, -0.2) is 4.79 Å². The number of nitrogens with zero attached hydrogens (tertiary/aromatic N) is 1. The number of carbonyl (C=O) groups excluding carboxylic acids is 1. The highest BCUT2D eigenvalue weighted by atomic mass is 16.6. The molecule has 1 aliphatic carbocycles. The number of benzene rings is 1. The predicted octanol–water partition coefficient (Wildman–Crippen LogP) is 5.67. The largest absolute Gasteiger partial charge is 0.444 e. The van der Waals surface area contributed by atoms with Crippen molar-refractivity contribution in [1.82, 2.24) is 10.2 Å². The van der Waals surface area contributed by atoms with Crippen molar-refractivity contribution in [3.8, 4) is 0 Å². The summed E-state index contributed by atoms with van der Waals surface area (Å²) in [6.07, 6.45) is 6.77. The van der Waals surface area contributed by atoms with E-state index in [1.54, 1.807) is 11.9 Å². The van der Waals surface area contributed by atoms with Gasteiger partial charge in [-0.15, -0.1) is 0 Å². The van der Waals surface area contributed by atoms with Crippen molar-refractivity contribution in [2.45, 2.75) is 66.4 Å². The maximum Gasteiger partial charge on any atom is 0.410 e. The molecule has 0 heterocycles. The fraction of sp³-hybridized carbons (Fsp3) is 0.615. The van der Waals surface area contributed by atoms with Crippen molar-refractivity contribution >= 4 is 17.9 Å². The lowest BCUT2D eigenvalue weighted by Gasteiger charge is -2.24. The van der Waals surface area contributed by atoms with Gasteiger partial charge in [0.2, 0.25) is 0 Å². The van der Waals surface area contributed by atoms with Crippen LogP contribution in [0.25, 0.3) is 5.57 Å². The van der Waals surface area contributed by atoms with E-state index in [0.29, 0.717) is 19.0 Å². The zero-order valence-corrected chi connectivity index (χ0v) is 20.4. The van der Waals surface area contributed by atoms with Gasteiger partial charge >= 0.3 is 6.09 Å². The van der Waals surface area contributed by atoms with Gasteiger partial charge in [0.1, 0.15) is 5.60 Å². The van der Waals surface area contributed by atoms with Gasteiger partial charge in [0.15, 0.2) is 0 Å². The molecule has 1 aromatic rings. The third kappa shape index (κ3) is 8.04. The second kappa shape index (κ2) is 10.8. The van der Waals surface area contributed by atoms with Gasteiger partial charge in [0.25, 0.3) is 0 Å². The third-order valence-electron chi connectivity index (χ3n) is 6.20. The SMILES string of the molecule is Cc1ccc(/C(C=N)=C/NCCN(C)C(=O)OC(C)(C)C)cc1C[C@@H](C)[C@@H](C)C1CC1. The number of hydrogen-bond donors (Lipinski definition) is 2. The Hall–Kier alpha value is -2.30. The number of nitrogens with one attached hydrogen (secondary N) is 2. The quantitative estimate of drug-likeness (QED) is 0.374. The Bertz CT molecular complexity index is 790. The summed E-state index contributed by atoms with van der Waals surface area (Å²) in [6.45, 7) is 13.6. The van der Waals surface area contributed by atoms with Gasteiger partial charge in [-0.3, -0.25) is 0 Å². The fourth-order valence-electron chi connectivity index (χ4n) is 3.74. The summed E-state index contributed by atoms with van der Waals surface area (Å²) in [7, 11) is 1.73. The molecule has 0 radical (unpaired) electrons. The Morgan fingerprint density at radius 3 is 2.58 bits per heavy atom. The normalized spacial score (nSPS) is 16.4. The molecule has 0 aliphatic heterocycles. The lowest BCUT2D eigenvalue weighted by atomic mass is 9.84. The summed E-state index contributed by atoms with van der Waals surface area (Å²) in [4.78, 5) is 13.6. The summed E-state index contributed by atoms with van der Waals surface area (Å²) >= 11 is 0. The van der Waals surface area contributed by atoms with E-state index in [1.807, 2.05) is 27.0 Å². The maximum atomic E-state index is 12.0. The number of rotatable bonds is 10. The summed E-state index contributed by atoms with van der Waals surface area (Å²) in [6, 6.07) is 6.48. The van der Waals surface area contributed by atoms with Crippen molar-refractivity contribution in [2.75, 3.05) is 20.1 Å². The number of allylic oxidation sites excluding steroid dienone is 1. The topological polar surface area (TPSA) is 65.4 Å². The molecule has 1 amide bonds. The smallest absolute Gasteiger partial charge is 0.410 e. The molecular formula is C26H41N3O2. The van der Waals surface area contributed by atoms with Gasteiger partial charge in [-0.1, -0.05) is 32.0 Å². The van der Waals surface area contributed by atoms with E-state index < -0.39 is 5.60 Å². The van der Waals surface area contributed by atoms with Crippen LogP contribution < -0.4 is 5.32 Å². The van der Waals surface area contributed by atoms with Gasteiger partial charge in [-0.05, 0) is 81.4 Å². The van der Waals surface area contributed by atoms with Gasteiger partial charge < -0.3 is 20.4 Å². The fourth-order valence-corrected chi connectivity index (χ4v) is 3.74. The van der Waals surface area contributed by atoms with Crippen LogP contribution in [0.3, 0.4) is 0 Å². The molecule has 5 heteroatoms. The van der Waals surface area contributed by atoms with E-state index in [-0.39, 0.29) is 6.09 Å². The Morgan fingerprint density at radius 2 is 2.00 bits per heavy atom. The maximum absolute atomic E-state index is 12.0. The Kier molecular flexibility index (Phi) is 8.72. The standard InChI is InChI=1S/C26H41N3O2/c1-18-8-9-22(15-23(18)14-19(2)20(3)21-10-11-21)24(16-27)17-28-12-13-29(7)25(30)31-26(4,5)6/h8-9,15-17,19-21,27-28H,10-14H2,1-7H3/b24-17+,27-16?/t19-,20-/m1/s1. The molecule has 1 saturated carbocycles. The number of carbonyl (C=O) groups is 1. The van der Waals surface area contributed by atoms with Crippen LogP contribution in [0.15, 0.2) is 24.4 Å². The van der Waals surface area contributed by atoms with E-state index in [9.17, 15) is 4.79 Å². The molecule has 172 valence electrons. The van der Waals surface area contributed by atoms with Crippen LogP contribution in [-0.2, 0) is 11.2 Å². The molecular weight excluding hydrogens is 386 g/mol. The number of likely N-dealkylation sites (N-methyl/N-ethyl adjacent to an activating group) is 1. The van der Waals surface area contributed by atoms with Crippen molar-refractivity contribution in [3.63, 3.8) is 0 Å². The van der Waals surface area contributed by atoms with Crippen LogP contribution >= 0.6 is 0 Å². The first-order valence-corrected chi connectivity index (χ1v) is 11.5. The van der Waals surface area contributed by atoms with Crippen molar-refractivity contribution in [2.24, 2.45) is 17.8 Å². The minimum Gasteiger partial charge on any atom is -0.444 e. The first-order chi connectivity index (χ1) is 14.5. The zero-order chi connectivity index (χ0) is 23.2. The average Bonchev–Trinajstić information content (AvgIpc) is 3.53. The summed E-state index contributed by atoms with van der Waals surface area (Å²) in [5, 5.41) is 11.1. The van der Waals surface area contributed by atoms with Crippen LogP contribution in [0.4, 0.5) is 4.79 Å². The lowest BCUT2D eigenvalue weighted by Crippen LogP contribution is -2.37. The molecule has 31 heavy (non-hydrogen) atoms. The second-order valence-electron chi connectivity index (χ2n) is 10.1. The van der Waals surface area contributed by atoms with E-state index >= 15 is 0 Å². The number of amides is 1. The number of hydrogen-bond acceptors (Lipinski definition) is 4. The number of ether oxygens (including phenoxy) is 1. The average molecular weight is 428 g/mol. The van der Waals surface area contributed by atoms with E-state index in [0.717, 1.165) is 29.4 Å². The molecule has 0 aromatic heterocycles. The Labute approximate surface area is 188 Å². The molecule has 2 atom stereocenters. The molecule has 1 fully saturated rings. The van der Waals surface area contributed by atoms with Crippen LogP contribution in [0.2, 0.25) is 0 Å². The minimum absolute atomic E-state index is 0.330. The van der Waals surface area contributed by atoms with Crippen molar-refractivity contribution in [3.05, 3.63) is 41.1 Å². The van der Waals surface area contributed by atoms with E-state index in [4.69, 9.17) is 10.1 Å². The molecule has 1 aliphatic rings.